The molecule has 0 bridgehead atoms. The molecule has 132 valence electrons. The molecule has 1 aromatic rings. The van der Waals surface area contributed by atoms with Crippen LogP contribution < -0.4 is 0 Å². The maximum absolute atomic E-state index is 11.3. The molecule has 0 amide bonds. The smallest absolute Gasteiger partial charge is 0.186 e. The van der Waals surface area contributed by atoms with Crippen LogP contribution in [0.3, 0.4) is 0 Å². The van der Waals surface area contributed by atoms with Gasteiger partial charge < -0.3 is 9.45 Å². The van der Waals surface area contributed by atoms with Crippen molar-refractivity contribution < 1.29 is 8.76 Å². The van der Waals surface area contributed by atoms with E-state index in [9.17, 15) is 8.76 Å². The van der Waals surface area contributed by atoms with Crippen LogP contribution in [0.1, 0.15) is 69.3 Å². The molecule has 1 spiro atoms. The molecule has 3 nitrogen and oxygen atoms in total. The first-order chi connectivity index (χ1) is 11.7. The highest BCUT2D eigenvalue weighted by atomic mass is 32.2. The Bertz CT molecular complexity index is 603. The predicted octanol–water partition coefficient (Wildman–Crippen LogP) is 4.56. The van der Waals surface area contributed by atoms with Gasteiger partial charge in [-0.1, -0.05) is 25.0 Å². The van der Waals surface area contributed by atoms with E-state index in [4.69, 9.17) is 0 Å². The third-order valence-electron chi connectivity index (χ3n) is 6.81. The molecule has 4 rings (SSSR count). The van der Waals surface area contributed by atoms with Crippen LogP contribution in [0, 0.1) is 5.41 Å². The molecular weight excluding hydrogens is 318 g/mol. The van der Waals surface area contributed by atoms with Crippen LogP contribution in [-0.2, 0) is 11.1 Å². The van der Waals surface area contributed by atoms with Gasteiger partial charge in [0.1, 0.15) is 0 Å². The molecule has 3 aliphatic rings. The van der Waals surface area contributed by atoms with Crippen molar-refractivity contribution in [3.8, 4) is 0 Å². The number of rotatable bonds is 3. The number of hydrogen-bond donors (Lipinski definition) is 1. The second-order valence-electron chi connectivity index (χ2n) is 8.25. The lowest BCUT2D eigenvalue weighted by Crippen LogP contribution is -2.50. The topological polar surface area (TPSA) is 40.5 Å². The van der Waals surface area contributed by atoms with Crippen LogP contribution in [0.5, 0.6) is 0 Å². The van der Waals surface area contributed by atoms with Gasteiger partial charge in [0.15, 0.2) is 11.1 Å². The van der Waals surface area contributed by atoms with E-state index in [2.05, 4.69) is 11.0 Å². The summed E-state index contributed by atoms with van der Waals surface area (Å²) < 4.78 is 20.6. The zero-order chi connectivity index (χ0) is 16.6. The Hall–Kier alpha value is -0.710. The van der Waals surface area contributed by atoms with Crippen molar-refractivity contribution >= 4 is 11.1 Å². The molecule has 2 atom stereocenters. The van der Waals surface area contributed by atoms with Gasteiger partial charge in [0, 0.05) is 6.04 Å². The fourth-order valence-electron chi connectivity index (χ4n) is 5.43. The third-order valence-corrected chi connectivity index (χ3v) is 7.47. The van der Waals surface area contributed by atoms with E-state index in [0.29, 0.717) is 10.8 Å². The average molecular weight is 348 g/mol. The summed E-state index contributed by atoms with van der Waals surface area (Å²) in [6.07, 6.45) is 12.4. The van der Waals surface area contributed by atoms with Crippen molar-refractivity contribution in [2.24, 2.45) is 5.41 Å². The largest absolute Gasteiger partial charge is 0.302 e. The number of benzene rings is 1. The Morgan fingerprint density at radius 2 is 1.88 bits per heavy atom. The minimum Gasteiger partial charge on any atom is -0.302 e. The fraction of sp³-hybridized carbons (Fsp3) is 0.700. The zero-order valence-electron chi connectivity index (χ0n) is 14.5. The van der Waals surface area contributed by atoms with Crippen LogP contribution in [0.2, 0.25) is 0 Å². The Labute approximate surface area is 148 Å². The third kappa shape index (κ3) is 3.33. The average Bonchev–Trinajstić information content (AvgIpc) is 2.93. The monoisotopic (exact) mass is 347 g/mol. The highest BCUT2D eigenvalue weighted by molar-refractivity contribution is 7.79. The molecule has 1 aliphatic heterocycles. The molecule has 2 aliphatic carbocycles. The maximum atomic E-state index is 11.3. The Morgan fingerprint density at radius 1 is 1.08 bits per heavy atom. The molecule has 1 heterocycles. The highest BCUT2D eigenvalue weighted by Crippen LogP contribution is 2.54. The molecule has 1 aromatic carbocycles. The second-order valence-corrected chi connectivity index (χ2v) is 9.22. The Morgan fingerprint density at radius 3 is 2.62 bits per heavy atom. The van der Waals surface area contributed by atoms with E-state index in [1.165, 1.54) is 76.4 Å². The molecular formula is C20H29NO2S. The lowest BCUT2D eigenvalue weighted by Gasteiger charge is -2.50. The summed E-state index contributed by atoms with van der Waals surface area (Å²) >= 11 is -1.87. The summed E-state index contributed by atoms with van der Waals surface area (Å²) in [5.41, 5.74) is 1.98. The van der Waals surface area contributed by atoms with Gasteiger partial charge in [0.25, 0.3) is 0 Å². The molecule has 4 heteroatoms. The number of likely N-dealkylation sites (tertiary alicyclic amines) is 1. The first-order valence-corrected chi connectivity index (χ1v) is 10.7. The standard InChI is InChI=1S/C20H29NO2S/c22-24(23)19-7-3-5-17(13-19)16-6-4-11-21(12-8-16)18-14-20(15-18)9-1-2-10-20/h3,5,7,13,16,18H,1-2,4,6,8-12,14-15H2,(H,22,23). The van der Waals surface area contributed by atoms with Crippen LogP contribution in [-0.4, -0.2) is 32.8 Å². The summed E-state index contributed by atoms with van der Waals surface area (Å²) in [7, 11) is 0. The van der Waals surface area contributed by atoms with E-state index in [-0.39, 0.29) is 0 Å². The van der Waals surface area contributed by atoms with E-state index in [1.54, 1.807) is 6.07 Å². The summed E-state index contributed by atoms with van der Waals surface area (Å²) in [5.74, 6) is 0.541. The highest BCUT2D eigenvalue weighted by Gasteiger charge is 2.47. The van der Waals surface area contributed by atoms with Crippen LogP contribution in [0.15, 0.2) is 29.2 Å². The lowest BCUT2D eigenvalue weighted by atomic mass is 9.64. The molecule has 1 saturated heterocycles. The lowest BCUT2D eigenvalue weighted by molar-refractivity contribution is 0.00642. The van der Waals surface area contributed by atoms with Gasteiger partial charge >= 0.3 is 0 Å². The molecule has 1 N–H and O–H groups in total. The minimum absolute atomic E-state index is 0.538. The van der Waals surface area contributed by atoms with Crippen molar-refractivity contribution in [2.45, 2.75) is 74.6 Å². The predicted molar refractivity (Wildman–Crippen MR) is 97.6 cm³/mol. The summed E-state index contributed by atoms with van der Waals surface area (Å²) in [6, 6.07) is 8.58. The Kier molecular flexibility index (Phi) is 4.81. The fourth-order valence-corrected chi connectivity index (χ4v) is 5.86. The second kappa shape index (κ2) is 6.89. The summed E-state index contributed by atoms with van der Waals surface area (Å²) in [4.78, 5) is 3.29. The summed E-state index contributed by atoms with van der Waals surface area (Å²) in [5, 5.41) is 0. The quantitative estimate of drug-likeness (QED) is 0.815. The van der Waals surface area contributed by atoms with Crippen molar-refractivity contribution in [1.29, 1.82) is 0 Å². The molecule has 0 aromatic heterocycles. The normalized spacial score (nSPS) is 29.3. The number of nitrogens with zero attached hydrogens (tertiary/aromatic N) is 1. The molecule has 2 saturated carbocycles. The van der Waals surface area contributed by atoms with Gasteiger partial charge in [-0.15, -0.1) is 0 Å². The first kappa shape index (κ1) is 16.7. The van der Waals surface area contributed by atoms with Gasteiger partial charge in [-0.3, -0.25) is 0 Å². The van der Waals surface area contributed by atoms with Crippen molar-refractivity contribution in [2.75, 3.05) is 13.1 Å². The van der Waals surface area contributed by atoms with E-state index in [0.717, 1.165) is 11.5 Å². The molecule has 24 heavy (non-hydrogen) atoms. The van der Waals surface area contributed by atoms with Gasteiger partial charge in [0.05, 0.1) is 4.90 Å². The van der Waals surface area contributed by atoms with Crippen LogP contribution in [0.4, 0.5) is 0 Å². The van der Waals surface area contributed by atoms with E-state index in [1.807, 2.05) is 12.1 Å². The molecule has 3 fully saturated rings. The van der Waals surface area contributed by atoms with Gasteiger partial charge in [-0.2, -0.15) is 0 Å². The zero-order valence-corrected chi connectivity index (χ0v) is 15.3. The van der Waals surface area contributed by atoms with Gasteiger partial charge in [-0.05, 0) is 87.1 Å². The van der Waals surface area contributed by atoms with Crippen LogP contribution in [0.25, 0.3) is 0 Å². The van der Waals surface area contributed by atoms with E-state index < -0.39 is 11.1 Å². The SMILES string of the molecule is O=S(O)c1cccc(C2CCCN(C3CC4(CCCC4)C3)CC2)c1. The van der Waals surface area contributed by atoms with Crippen LogP contribution >= 0.6 is 0 Å². The van der Waals surface area contributed by atoms with Gasteiger partial charge in [0.2, 0.25) is 0 Å². The minimum atomic E-state index is -1.87. The van der Waals surface area contributed by atoms with Crippen molar-refractivity contribution in [1.82, 2.24) is 4.90 Å². The first-order valence-electron chi connectivity index (χ1n) is 9.60. The van der Waals surface area contributed by atoms with Crippen molar-refractivity contribution in [3.05, 3.63) is 29.8 Å². The van der Waals surface area contributed by atoms with Gasteiger partial charge in [-0.25, -0.2) is 4.21 Å². The number of hydrogen-bond acceptors (Lipinski definition) is 2. The Balaban J connectivity index is 1.36. The van der Waals surface area contributed by atoms with Crippen molar-refractivity contribution in [3.63, 3.8) is 0 Å². The molecule has 0 radical (unpaired) electrons. The summed E-state index contributed by atoms with van der Waals surface area (Å²) in [6.45, 7) is 2.43. The van der Waals surface area contributed by atoms with E-state index >= 15 is 0 Å². The maximum Gasteiger partial charge on any atom is 0.186 e. The molecule has 2 unspecified atom stereocenters.